The maximum absolute atomic E-state index is 9.54. The predicted octanol–water partition coefficient (Wildman–Crippen LogP) is 10.6. The molecule has 0 radical (unpaired) electrons. The van der Waals surface area contributed by atoms with Crippen molar-refractivity contribution in [1.29, 1.82) is 5.26 Å². The molecule has 5 heterocycles. The molecule has 11 rings (SSSR count). The Morgan fingerprint density at radius 2 is 1.34 bits per heavy atom. The van der Waals surface area contributed by atoms with Gasteiger partial charge in [-0.2, -0.15) is 5.26 Å². The maximum Gasteiger partial charge on any atom is 0.134 e. The molecule has 6 aromatic carbocycles. The fourth-order valence-corrected chi connectivity index (χ4v) is 8.40. The lowest BCUT2D eigenvalue weighted by atomic mass is 9.98. The van der Waals surface area contributed by atoms with Gasteiger partial charge in [0.15, 0.2) is 0 Å². The van der Waals surface area contributed by atoms with Gasteiger partial charge in [0.25, 0.3) is 0 Å². The van der Waals surface area contributed by atoms with E-state index in [1.165, 1.54) is 65.2 Å². The highest BCUT2D eigenvalue weighted by atomic mass is 15.1. The topological polar surface area (TPSA) is 58.4 Å². The Bertz CT molecular complexity index is 3150. The van der Waals surface area contributed by atoms with E-state index in [9.17, 15) is 5.26 Å². The van der Waals surface area contributed by atoms with Crippen LogP contribution in [-0.4, -0.2) is 19.7 Å². The summed E-state index contributed by atoms with van der Waals surface area (Å²) in [6.07, 6.45) is 5.81. The molecule has 0 N–H and O–H groups in total. The third-order valence-electron chi connectivity index (χ3n) is 10.6. The van der Waals surface area contributed by atoms with Crippen LogP contribution < -0.4 is 0 Å². The molecule has 0 bridgehead atoms. The van der Waals surface area contributed by atoms with Gasteiger partial charge in [-0.1, -0.05) is 78.9 Å². The van der Waals surface area contributed by atoms with E-state index in [4.69, 9.17) is 9.98 Å². The zero-order valence-electron chi connectivity index (χ0n) is 26.9. The molecule has 1 aliphatic heterocycles. The Morgan fingerprint density at radius 1 is 0.620 bits per heavy atom. The van der Waals surface area contributed by atoms with Crippen molar-refractivity contribution in [3.05, 3.63) is 162 Å². The van der Waals surface area contributed by atoms with Crippen LogP contribution in [0.2, 0.25) is 0 Å². The minimum Gasteiger partial charge on any atom is -0.308 e. The van der Waals surface area contributed by atoms with Gasteiger partial charge in [0, 0.05) is 44.1 Å². The molecule has 0 saturated heterocycles. The summed E-state index contributed by atoms with van der Waals surface area (Å²) in [4.78, 5) is 10.4. The fraction of sp³-hybridized carbons (Fsp3) is 0.0444. The third-order valence-corrected chi connectivity index (χ3v) is 10.6. The van der Waals surface area contributed by atoms with Crippen molar-refractivity contribution in [1.82, 2.24) is 14.0 Å². The Balaban J connectivity index is 1.33. The molecule has 232 valence electrons. The quantitative estimate of drug-likeness (QED) is 0.189. The maximum atomic E-state index is 9.54. The Hall–Kier alpha value is -6.77. The highest BCUT2D eigenvalue weighted by Gasteiger charge is 2.26. The molecule has 50 heavy (non-hydrogen) atoms. The molecule has 10 aromatic rings. The highest BCUT2D eigenvalue weighted by molar-refractivity contribution is 6.35. The number of para-hydroxylation sites is 2. The van der Waals surface area contributed by atoms with Crippen LogP contribution in [0.3, 0.4) is 0 Å². The van der Waals surface area contributed by atoms with Crippen molar-refractivity contribution in [3.8, 4) is 6.07 Å². The smallest absolute Gasteiger partial charge is 0.134 e. The predicted molar refractivity (Wildman–Crippen MR) is 205 cm³/mol. The third kappa shape index (κ3) is 3.65. The van der Waals surface area contributed by atoms with Crippen LogP contribution in [0.15, 0.2) is 145 Å². The van der Waals surface area contributed by atoms with E-state index >= 15 is 0 Å². The van der Waals surface area contributed by atoms with Crippen LogP contribution in [0.1, 0.15) is 28.8 Å². The van der Waals surface area contributed by atoms with Gasteiger partial charge in [-0.3, -0.25) is 9.55 Å². The van der Waals surface area contributed by atoms with Gasteiger partial charge in [-0.05, 0) is 83.8 Å². The van der Waals surface area contributed by atoms with E-state index in [0.29, 0.717) is 5.56 Å². The van der Waals surface area contributed by atoms with Gasteiger partial charge < -0.3 is 4.40 Å². The standard InChI is InChI=1S/C45H27N5/c46-26-27-18-20-29(21-19-27)43-42-28(12-8-22-47-42)11-7-17-40(48-43)50-38-16-6-4-14-33(38)35-25-34-32-13-3-5-15-37(32)49-39-24-31-10-2-1-9-30(31)23-36(39)41(44(34)49)45(35)50/h1-6,8-10,12-25H,7,11H2/b40-17+,48-43-. The van der Waals surface area contributed by atoms with Crippen LogP contribution >= 0.6 is 0 Å². The van der Waals surface area contributed by atoms with E-state index in [1.807, 2.05) is 36.5 Å². The van der Waals surface area contributed by atoms with E-state index in [2.05, 4.69) is 118 Å². The molecule has 0 fully saturated rings. The highest BCUT2D eigenvalue weighted by Crippen LogP contribution is 2.47. The van der Waals surface area contributed by atoms with Gasteiger partial charge in [-0.15, -0.1) is 0 Å². The zero-order valence-corrected chi connectivity index (χ0v) is 26.9. The molecule has 5 nitrogen and oxygen atoms in total. The van der Waals surface area contributed by atoms with Crippen molar-refractivity contribution >= 4 is 82.2 Å². The van der Waals surface area contributed by atoms with Crippen LogP contribution in [0, 0.1) is 11.3 Å². The number of hydrogen-bond donors (Lipinski definition) is 0. The molecule has 0 amide bonds. The second-order valence-electron chi connectivity index (χ2n) is 13.2. The second-order valence-corrected chi connectivity index (χ2v) is 13.2. The van der Waals surface area contributed by atoms with Crippen molar-refractivity contribution < 1.29 is 0 Å². The lowest BCUT2D eigenvalue weighted by molar-refractivity contribution is 0.962. The number of aryl methyl sites for hydroxylation is 1. The van der Waals surface area contributed by atoms with Gasteiger partial charge in [0.05, 0.1) is 50.6 Å². The largest absolute Gasteiger partial charge is 0.308 e. The average molecular weight is 638 g/mol. The minimum atomic E-state index is 0.619. The molecule has 0 atom stereocenters. The Kier molecular flexibility index (Phi) is 5.51. The first-order chi connectivity index (χ1) is 24.8. The summed E-state index contributed by atoms with van der Waals surface area (Å²) in [6, 6.07) is 47.4. The molecule has 0 aliphatic carbocycles. The normalized spacial score (nSPS) is 15.7. The van der Waals surface area contributed by atoms with E-state index in [0.717, 1.165) is 46.7 Å². The van der Waals surface area contributed by atoms with E-state index in [1.54, 1.807) is 0 Å². The van der Waals surface area contributed by atoms with E-state index in [-0.39, 0.29) is 0 Å². The number of benzene rings is 6. The first-order valence-electron chi connectivity index (χ1n) is 17.0. The van der Waals surface area contributed by atoms with Crippen LogP contribution in [-0.2, 0) is 6.42 Å². The molecule has 1 aliphatic rings. The summed E-state index contributed by atoms with van der Waals surface area (Å²) in [5, 5.41) is 19.4. The lowest BCUT2D eigenvalue weighted by Crippen LogP contribution is -2.13. The van der Waals surface area contributed by atoms with Gasteiger partial charge in [-0.25, -0.2) is 4.99 Å². The van der Waals surface area contributed by atoms with Crippen molar-refractivity contribution in [2.45, 2.75) is 12.8 Å². The van der Waals surface area contributed by atoms with Crippen molar-refractivity contribution in [2.75, 3.05) is 0 Å². The fourth-order valence-electron chi connectivity index (χ4n) is 8.40. The summed E-state index contributed by atoms with van der Waals surface area (Å²) >= 11 is 0. The summed E-state index contributed by atoms with van der Waals surface area (Å²) in [5.41, 5.74) is 10.3. The number of nitrogens with zero attached hydrogens (tertiary/aromatic N) is 5. The van der Waals surface area contributed by atoms with Crippen molar-refractivity contribution in [3.63, 3.8) is 0 Å². The molecule has 4 aromatic heterocycles. The number of allylic oxidation sites excluding steroid dienone is 1. The summed E-state index contributed by atoms with van der Waals surface area (Å²) < 4.78 is 4.87. The van der Waals surface area contributed by atoms with Crippen LogP contribution in [0.5, 0.6) is 0 Å². The number of aromatic nitrogens is 3. The lowest BCUT2D eigenvalue weighted by Gasteiger charge is -2.17. The van der Waals surface area contributed by atoms with Crippen molar-refractivity contribution in [2.24, 2.45) is 4.99 Å². The zero-order chi connectivity index (χ0) is 32.9. The van der Waals surface area contributed by atoms with Crippen LogP contribution in [0.4, 0.5) is 0 Å². The minimum absolute atomic E-state index is 0.619. The van der Waals surface area contributed by atoms with Gasteiger partial charge in [0.1, 0.15) is 5.82 Å². The summed E-state index contributed by atoms with van der Waals surface area (Å²) in [5.74, 6) is 0.874. The second kappa shape index (κ2) is 10.1. The van der Waals surface area contributed by atoms with Crippen LogP contribution in [0.25, 0.3) is 76.5 Å². The number of hydrogen-bond acceptors (Lipinski definition) is 3. The monoisotopic (exact) mass is 637 g/mol. The molecule has 0 saturated carbocycles. The SMILES string of the molecule is N#Cc1ccc(/C2=N/C(n3c4ccccc4c4cc5c6ccccc6n6c7cc8ccccc8cc7c(c43)c56)=C\CCc3cccnc32)cc1. The first-order valence-corrected chi connectivity index (χ1v) is 17.0. The number of pyridine rings is 1. The van der Waals surface area contributed by atoms with Gasteiger partial charge in [0.2, 0.25) is 0 Å². The Morgan fingerprint density at radius 3 is 2.16 bits per heavy atom. The molecule has 0 spiro atoms. The molecular weight excluding hydrogens is 611 g/mol. The average Bonchev–Trinajstić information content (AvgIpc) is 3.79. The molecular formula is C45H27N5. The number of aliphatic imine (C=N–C) groups is 1. The first kappa shape index (κ1) is 27.2. The van der Waals surface area contributed by atoms with Gasteiger partial charge >= 0.3 is 0 Å². The molecule has 0 unspecified atom stereocenters. The number of rotatable bonds is 2. The number of fused-ring (bicyclic) bond motifs is 12. The van der Waals surface area contributed by atoms with E-state index < -0.39 is 0 Å². The summed E-state index contributed by atoms with van der Waals surface area (Å²) in [7, 11) is 0. The Labute approximate surface area is 286 Å². The molecule has 5 heteroatoms. The summed E-state index contributed by atoms with van der Waals surface area (Å²) in [6.45, 7) is 0. The number of nitriles is 1.